The molecule has 9 heteroatoms. The molecule has 1 amide bonds. The van der Waals surface area contributed by atoms with Crippen molar-refractivity contribution in [3.63, 3.8) is 0 Å². The van der Waals surface area contributed by atoms with Gasteiger partial charge in [0.15, 0.2) is 5.13 Å². The first kappa shape index (κ1) is 19.5. The number of carbonyl (C=O) groups is 1. The lowest BCUT2D eigenvalue weighted by Crippen LogP contribution is -2.36. The molecule has 3 aromatic heterocycles. The second kappa shape index (κ2) is 7.98. The molecule has 0 N–H and O–H groups in total. The van der Waals surface area contributed by atoms with E-state index in [0.717, 1.165) is 4.70 Å². The van der Waals surface area contributed by atoms with Crippen molar-refractivity contribution in [3.05, 3.63) is 88.0 Å². The van der Waals surface area contributed by atoms with Gasteiger partial charge >= 0.3 is 5.63 Å². The molecule has 0 aliphatic heterocycles. The Morgan fingerprint density at radius 1 is 1.16 bits per heavy atom. The predicted octanol–water partition coefficient (Wildman–Crippen LogP) is 4.60. The third kappa shape index (κ3) is 3.71. The van der Waals surface area contributed by atoms with Crippen LogP contribution in [0.3, 0.4) is 0 Å². The number of anilines is 1. The molecule has 154 valence electrons. The minimum absolute atomic E-state index is 0.0514. The molecular weight excluding hydrogens is 436 g/mol. The van der Waals surface area contributed by atoms with Gasteiger partial charge in [0.25, 0.3) is 5.91 Å². The third-order valence-corrected chi connectivity index (χ3v) is 6.17. The largest absolute Gasteiger partial charge is 0.422 e. The Bertz CT molecular complexity index is 1460. The Labute approximate surface area is 185 Å². The highest BCUT2D eigenvalue weighted by atomic mass is 35.5. The number of aromatic nitrogens is 3. The molecule has 0 aliphatic rings. The first-order valence-electron chi connectivity index (χ1n) is 9.47. The maximum Gasteiger partial charge on any atom is 0.349 e. The summed E-state index contributed by atoms with van der Waals surface area (Å²) in [6.07, 6.45) is 3.48. The normalized spacial score (nSPS) is 11.3. The molecule has 2 aromatic carbocycles. The van der Waals surface area contributed by atoms with Crippen molar-refractivity contribution in [2.45, 2.75) is 6.54 Å². The van der Waals surface area contributed by atoms with Gasteiger partial charge in [-0.3, -0.25) is 14.4 Å². The van der Waals surface area contributed by atoms with Gasteiger partial charge in [0.1, 0.15) is 16.7 Å². The van der Waals surface area contributed by atoms with Gasteiger partial charge in [-0.1, -0.05) is 47.2 Å². The fraction of sp³-hybridized carbons (Fsp3) is 0.0909. The molecule has 0 radical (unpaired) electrons. The van der Waals surface area contributed by atoms with E-state index < -0.39 is 11.5 Å². The molecule has 5 rings (SSSR count). The fourth-order valence-corrected chi connectivity index (χ4v) is 4.58. The van der Waals surface area contributed by atoms with Crippen LogP contribution in [0.5, 0.6) is 0 Å². The van der Waals surface area contributed by atoms with Gasteiger partial charge in [0, 0.05) is 24.3 Å². The van der Waals surface area contributed by atoms with Gasteiger partial charge in [0.2, 0.25) is 0 Å². The van der Waals surface area contributed by atoms with Crippen LogP contribution in [0.1, 0.15) is 10.4 Å². The van der Waals surface area contributed by atoms with Crippen molar-refractivity contribution in [1.82, 2.24) is 14.8 Å². The van der Waals surface area contributed by atoms with E-state index in [2.05, 4.69) is 10.1 Å². The molecule has 0 saturated carbocycles. The van der Waals surface area contributed by atoms with Crippen LogP contribution in [0.4, 0.5) is 5.13 Å². The minimum atomic E-state index is -0.688. The zero-order valence-electron chi connectivity index (χ0n) is 16.1. The van der Waals surface area contributed by atoms with E-state index in [-0.39, 0.29) is 12.1 Å². The molecule has 0 unspecified atom stereocenters. The number of thiazole rings is 1. The Kier molecular flexibility index (Phi) is 5.01. The van der Waals surface area contributed by atoms with Crippen LogP contribution in [-0.4, -0.2) is 27.2 Å². The van der Waals surface area contributed by atoms with Crippen molar-refractivity contribution >= 4 is 55.2 Å². The van der Waals surface area contributed by atoms with E-state index in [4.69, 9.17) is 16.0 Å². The summed E-state index contributed by atoms with van der Waals surface area (Å²) >= 11 is 7.62. The van der Waals surface area contributed by atoms with Gasteiger partial charge in [0.05, 0.1) is 16.3 Å². The molecule has 7 nitrogen and oxygen atoms in total. The number of hydrogen-bond acceptors (Lipinski definition) is 6. The van der Waals surface area contributed by atoms with Crippen LogP contribution in [0, 0.1) is 0 Å². The smallest absolute Gasteiger partial charge is 0.349 e. The Balaban J connectivity index is 1.59. The van der Waals surface area contributed by atoms with Crippen LogP contribution in [0.25, 0.3) is 21.2 Å². The standard InChI is InChI=1S/C22H15ClN4O3S/c23-16-6-3-8-18-19(16)25-22(31-18)27(12-11-26-10-4-9-24-26)20(28)15-13-14-5-1-2-7-17(14)30-21(15)29/h1-10,13H,11-12H2. The van der Waals surface area contributed by atoms with Crippen molar-refractivity contribution in [2.75, 3.05) is 11.4 Å². The first-order valence-corrected chi connectivity index (χ1v) is 10.7. The molecule has 0 bridgehead atoms. The van der Waals surface area contributed by atoms with Gasteiger partial charge in [-0.25, -0.2) is 9.78 Å². The van der Waals surface area contributed by atoms with Crippen LogP contribution >= 0.6 is 22.9 Å². The third-order valence-electron chi connectivity index (χ3n) is 4.82. The molecule has 0 spiro atoms. The molecule has 0 fully saturated rings. The van der Waals surface area contributed by atoms with Crippen molar-refractivity contribution in [2.24, 2.45) is 0 Å². The number of fused-ring (bicyclic) bond motifs is 2. The van der Waals surface area contributed by atoms with Crippen molar-refractivity contribution in [3.8, 4) is 0 Å². The molecule has 5 aromatic rings. The number of rotatable bonds is 5. The van der Waals surface area contributed by atoms with Crippen LogP contribution in [-0.2, 0) is 6.54 Å². The van der Waals surface area contributed by atoms with Gasteiger partial charge in [-0.15, -0.1) is 0 Å². The van der Waals surface area contributed by atoms with Gasteiger partial charge in [-0.2, -0.15) is 5.10 Å². The molecule has 3 heterocycles. The SMILES string of the molecule is O=C(c1cc2ccccc2oc1=O)N(CCn1cccn1)c1nc2c(Cl)cccc2s1. The zero-order valence-corrected chi connectivity index (χ0v) is 17.6. The summed E-state index contributed by atoms with van der Waals surface area (Å²) in [5, 5.41) is 5.82. The molecular formula is C22H15ClN4O3S. The first-order chi connectivity index (χ1) is 15.1. The second-order valence-corrected chi connectivity index (χ2v) is 8.21. The summed E-state index contributed by atoms with van der Waals surface area (Å²) in [4.78, 5) is 32.2. The lowest BCUT2D eigenvalue weighted by Gasteiger charge is -2.19. The van der Waals surface area contributed by atoms with Crippen molar-refractivity contribution < 1.29 is 9.21 Å². The maximum absolute atomic E-state index is 13.5. The lowest BCUT2D eigenvalue weighted by molar-refractivity contribution is 0.0982. The Morgan fingerprint density at radius 3 is 2.84 bits per heavy atom. The highest BCUT2D eigenvalue weighted by molar-refractivity contribution is 7.22. The van der Waals surface area contributed by atoms with E-state index >= 15 is 0 Å². The zero-order chi connectivity index (χ0) is 21.4. The van der Waals surface area contributed by atoms with Crippen LogP contribution in [0.2, 0.25) is 5.02 Å². The predicted molar refractivity (Wildman–Crippen MR) is 121 cm³/mol. The molecule has 0 saturated heterocycles. The van der Waals surface area contributed by atoms with Gasteiger partial charge in [-0.05, 0) is 30.3 Å². The molecule has 31 heavy (non-hydrogen) atoms. The number of hydrogen-bond donors (Lipinski definition) is 0. The number of halogens is 1. The number of amides is 1. The lowest BCUT2D eigenvalue weighted by atomic mass is 10.1. The summed E-state index contributed by atoms with van der Waals surface area (Å²) in [5.74, 6) is -0.484. The summed E-state index contributed by atoms with van der Waals surface area (Å²) in [6, 6.07) is 15.9. The summed E-state index contributed by atoms with van der Waals surface area (Å²) in [6.45, 7) is 0.700. The Morgan fingerprint density at radius 2 is 2.03 bits per heavy atom. The van der Waals surface area contributed by atoms with Crippen LogP contribution < -0.4 is 10.5 Å². The average molecular weight is 451 g/mol. The number of benzene rings is 2. The van der Waals surface area contributed by atoms with Crippen molar-refractivity contribution in [1.29, 1.82) is 0 Å². The van der Waals surface area contributed by atoms with Gasteiger partial charge < -0.3 is 4.42 Å². The van der Waals surface area contributed by atoms with Crippen LogP contribution in [0.15, 0.2) is 76.2 Å². The topological polar surface area (TPSA) is 81.2 Å². The number of carbonyl (C=O) groups excluding carboxylic acids is 1. The van der Waals surface area contributed by atoms with E-state index in [0.29, 0.717) is 33.2 Å². The summed E-state index contributed by atoms with van der Waals surface area (Å²) in [7, 11) is 0. The maximum atomic E-state index is 13.5. The fourth-order valence-electron chi connectivity index (χ4n) is 3.29. The highest BCUT2D eigenvalue weighted by Crippen LogP contribution is 2.33. The highest BCUT2D eigenvalue weighted by Gasteiger charge is 2.25. The number of nitrogens with zero attached hydrogens (tertiary/aromatic N) is 4. The Hall–Kier alpha value is -3.49. The van der Waals surface area contributed by atoms with E-state index in [1.807, 2.05) is 30.5 Å². The van der Waals surface area contributed by atoms with E-state index in [9.17, 15) is 9.59 Å². The molecule has 0 atom stereocenters. The quantitative estimate of drug-likeness (QED) is 0.365. The summed E-state index contributed by atoms with van der Waals surface area (Å²) < 4.78 is 7.93. The molecule has 0 aliphatic carbocycles. The average Bonchev–Trinajstić information content (AvgIpc) is 3.44. The minimum Gasteiger partial charge on any atom is -0.422 e. The number of para-hydroxylation sites is 2. The monoisotopic (exact) mass is 450 g/mol. The van der Waals surface area contributed by atoms with E-state index in [1.54, 1.807) is 41.2 Å². The van der Waals surface area contributed by atoms with E-state index in [1.165, 1.54) is 16.2 Å². The summed E-state index contributed by atoms with van der Waals surface area (Å²) in [5.41, 5.74) is 0.307. The second-order valence-electron chi connectivity index (χ2n) is 6.79.